The topological polar surface area (TPSA) is 109 Å². The SMILES string of the molecule is Cc1cc(C#N)cc(NC(CO)(CO)CO)n1. The third-order valence-electron chi connectivity index (χ3n) is 2.38. The van der Waals surface area contributed by atoms with E-state index in [9.17, 15) is 0 Å². The molecule has 0 fully saturated rings. The highest BCUT2D eigenvalue weighted by atomic mass is 16.3. The van der Waals surface area contributed by atoms with Crippen LogP contribution in [0, 0.1) is 18.3 Å². The van der Waals surface area contributed by atoms with Gasteiger partial charge in [-0.3, -0.25) is 0 Å². The molecule has 0 aliphatic heterocycles. The van der Waals surface area contributed by atoms with Gasteiger partial charge in [0.25, 0.3) is 0 Å². The molecule has 17 heavy (non-hydrogen) atoms. The summed E-state index contributed by atoms with van der Waals surface area (Å²) in [6, 6.07) is 5.08. The van der Waals surface area contributed by atoms with E-state index in [4.69, 9.17) is 20.6 Å². The van der Waals surface area contributed by atoms with Crippen molar-refractivity contribution in [1.82, 2.24) is 4.98 Å². The minimum atomic E-state index is -1.24. The number of aliphatic hydroxyl groups is 3. The maximum Gasteiger partial charge on any atom is 0.128 e. The molecule has 0 aromatic carbocycles. The molecule has 1 heterocycles. The van der Waals surface area contributed by atoms with Gasteiger partial charge in [0.05, 0.1) is 31.5 Å². The Kier molecular flexibility index (Phi) is 4.40. The normalized spacial score (nSPS) is 11.0. The van der Waals surface area contributed by atoms with Crippen LogP contribution in [0.1, 0.15) is 11.3 Å². The molecule has 0 bridgehead atoms. The first-order chi connectivity index (χ1) is 8.09. The fraction of sp³-hybridized carbons (Fsp3) is 0.455. The predicted molar refractivity (Wildman–Crippen MR) is 61.3 cm³/mol. The third kappa shape index (κ3) is 3.14. The first-order valence-electron chi connectivity index (χ1n) is 5.08. The van der Waals surface area contributed by atoms with Gasteiger partial charge in [-0.15, -0.1) is 0 Å². The summed E-state index contributed by atoms with van der Waals surface area (Å²) in [5.41, 5.74) is -0.190. The lowest BCUT2D eigenvalue weighted by Crippen LogP contribution is -2.49. The number of hydrogen-bond acceptors (Lipinski definition) is 6. The van der Waals surface area contributed by atoms with Crippen molar-refractivity contribution in [2.24, 2.45) is 0 Å². The standard InChI is InChI=1S/C11H15N3O3/c1-8-2-9(4-12)3-10(13-8)14-11(5-15,6-16)7-17/h2-3,15-17H,5-7H2,1H3,(H,13,14). The Bertz CT molecular complexity index is 416. The number of nitrogens with zero attached hydrogens (tertiary/aromatic N) is 2. The second kappa shape index (κ2) is 5.59. The minimum Gasteiger partial charge on any atom is -0.394 e. The number of nitriles is 1. The number of pyridine rings is 1. The van der Waals surface area contributed by atoms with Crippen LogP contribution < -0.4 is 5.32 Å². The summed E-state index contributed by atoms with van der Waals surface area (Å²) >= 11 is 0. The van der Waals surface area contributed by atoms with Crippen molar-refractivity contribution in [3.63, 3.8) is 0 Å². The van der Waals surface area contributed by atoms with Crippen LogP contribution >= 0.6 is 0 Å². The number of aliphatic hydroxyl groups excluding tert-OH is 3. The van der Waals surface area contributed by atoms with E-state index in [1.165, 1.54) is 6.07 Å². The van der Waals surface area contributed by atoms with Crippen molar-refractivity contribution in [2.45, 2.75) is 12.5 Å². The molecule has 1 aromatic heterocycles. The molecular formula is C11H15N3O3. The van der Waals surface area contributed by atoms with E-state index in [2.05, 4.69) is 10.3 Å². The first kappa shape index (κ1) is 13.4. The Hall–Kier alpha value is -1.68. The molecule has 6 heteroatoms. The number of aryl methyl sites for hydroxylation is 1. The lowest BCUT2D eigenvalue weighted by Gasteiger charge is -2.29. The number of nitrogens with one attached hydrogen (secondary N) is 1. The van der Waals surface area contributed by atoms with Crippen LogP contribution in [0.25, 0.3) is 0 Å². The van der Waals surface area contributed by atoms with Crippen molar-refractivity contribution in [3.8, 4) is 6.07 Å². The molecule has 1 aromatic rings. The van der Waals surface area contributed by atoms with E-state index in [1.807, 2.05) is 6.07 Å². The fourth-order valence-corrected chi connectivity index (χ4v) is 1.34. The Balaban J connectivity index is 3.02. The van der Waals surface area contributed by atoms with Crippen molar-refractivity contribution in [3.05, 3.63) is 23.4 Å². The van der Waals surface area contributed by atoms with Gasteiger partial charge in [0.1, 0.15) is 11.4 Å². The molecule has 0 atom stereocenters. The number of aromatic nitrogens is 1. The van der Waals surface area contributed by atoms with E-state index >= 15 is 0 Å². The zero-order chi connectivity index (χ0) is 12.9. The highest BCUT2D eigenvalue weighted by Gasteiger charge is 2.28. The maximum absolute atomic E-state index is 9.16. The Morgan fingerprint density at radius 1 is 1.29 bits per heavy atom. The highest BCUT2D eigenvalue weighted by Crippen LogP contribution is 2.15. The summed E-state index contributed by atoms with van der Waals surface area (Å²) < 4.78 is 0. The fourth-order valence-electron chi connectivity index (χ4n) is 1.34. The van der Waals surface area contributed by atoms with E-state index in [1.54, 1.807) is 13.0 Å². The predicted octanol–water partition coefficient (Wildman–Crippen LogP) is -0.611. The van der Waals surface area contributed by atoms with Crippen LogP contribution in [0.2, 0.25) is 0 Å². The van der Waals surface area contributed by atoms with Crippen LogP contribution in [-0.4, -0.2) is 45.7 Å². The quantitative estimate of drug-likeness (QED) is 0.544. The Labute approximate surface area is 99.2 Å². The lowest BCUT2D eigenvalue weighted by atomic mass is 10.0. The Morgan fingerprint density at radius 2 is 1.88 bits per heavy atom. The molecule has 0 saturated carbocycles. The molecule has 0 unspecified atom stereocenters. The monoisotopic (exact) mass is 237 g/mol. The summed E-state index contributed by atoms with van der Waals surface area (Å²) in [6.45, 7) is 0.386. The summed E-state index contributed by atoms with van der Waals surface area (Å²) in [5.74, 6) is 0.332. The zero-order valence-corrected chi connectivity index (χ0v) is 9.51. The van der Waals surface area contributed by atoms with Crippen LogP contribution in [0.4, 0.5) is 5.82 Å². The van der Waals surface area contributed by atoms with Gasteiger partial charge in [0, 0.05) is 5.69 Å². The molecule has 0 amide bonds. The molecule has 0 aliphatic carbocycles. The number of rotatable bonds is 5. The molecule has 6 nitrogen and oxygen atoms in total. The van der Waals surface area contributed by atoms with Gasteiger partial charge < -0.3 is 20.6 Å². The number of anilines is 1. The highest BCUT2D eigenvalue weighted by molar-refractivity contribution is 5.46. The molecular weight excluding hydrogens is 222 g/mol. The van der Waals surface area contributed by atoms with Crippen LogP contribution in [0.3, 0.4) is 0 Å². The molecule has 0 aliphatic rings. The maximum atomic E-state index is 9.16. The van der Waals surface area contributed by atoms with Crippen molar-refractivity contribution >= 4 is 5.82 Å². The van der Waals surface area contributed by atoms with Gasteiger partial charge in [-0.05, 0) is 19.1 Å². The van der Waals surface area contributed by atoms with Crippen LogP contribution in [-0.2, 0) is 0 Å². The van der Waals surface area contributed by atoms with Gasteiger partial charge in [-0.1, -0.05) is 0 Å². The molecule has 4 N–H and O–H groups in total. The van der Waals surface area contributed by atoms with E-state index in [0.29, 0.717) is 17.1 Å². The zero-order valence-electron chi connectivity index (χ0n) is 9.51. The van der Waals surface area contributed by atoms with Crippen LogP contribution in [0.15, 0.2) is 12.1 Å². The third-order valence-corrected chi connectivity index (χ3v) is 2.38. The summed E-state index contributed by atoms with van der Waals surface area (Å²) in [5, 5.41) is 39.0. The van der Waals surface area contributed by atoms with Gasteiger partial charge >= 0.3 is 0 Å². The van der Waals surface area contributed by atoms with E-state index < -0.39 is 25.4 Å². The Morgan fingerprint density at radius 3 is 2.35 bits per heavy atom. The minimum absolute atomic E-state index is 0.332. The van der Waals surface area contributed by atoms with E-state index in [-0.39, 0.29) is 0 Å². The van der Waals surface area contributed by atoms with Gasteiger partial charge in [0.2, 0.25) is 0 Å². The van der Waals surface area contributed by atoms with Crippen molar-refractivity contribution in [1.29, 1.82) is 5.26 Å². The molecule has 1 rings (SSSR count). The lowest BCUT2D eigenvalue weighted by molar-refractivity contribution is 0.0831. The van der Waals surface area contributed by atoms with E-state index in [0.717, 1.165) is 0 Å². The second-order valence-corrected chi connectivity index (χ2v) is 3.87. The largest absolute Gasteiger partial charge is 0.394 e. The van der Waals surface area contributed by atoms with Gasteiger partial charge in [0.15, 0.2) is 0 Å². The second-order valence-electron chi connectivity index (χ2n) is 3.87. The molecule has 0 saturated heterocycles. The summed E-state index contributed by atoms with van der Waals surface area (Å²) in [7, 11) is 0. The molecule has 0 spiro atoms. The number of hydrogen-bond donors (Lipinski definition) is 4. The van der Waals surface area contributed by atoms with Crippen molar-refractivity contribution in [2.75, 3.05) is 25.1 Å². The van der Waals surface area contributed by atoms with Crippen LogP contribution in [0.5, 0.6) is 0 Å². The average molecular weight is 237 g/mol. The molecule has 92 valence electrons. The van der Waals surface area contributed by atoms with Crippen molar-refractivity contribution < 1.29 is 15.3 Å². The average Bonchev–Trinajstić information content (AvgIpc) is 2.35. The van der Waals surface area contributed by atoms with Gasteiger partial charge in [-0.2, -0.15) is 5.26 Å². The smallest absolute Gasteiger partial charge is 0.128 e. The summed E-state index contributed by atoms with van der Waals surface area (Å²) in [6.07, 6.45) is 0. The molecule has 0 radical (unpaired) electrons. The van der Waals surface area contributed by atoms with Gasteiger partial charge in [-0.25, -0.2) is 4.98 Å². The first-order valence-corrected chi connectivity index (χ1v) is 5.08. The summed E-state index contributed by atoms with van der Waals surface area (Å²) in [4.78, 5) is 4.11.